The van der Waals surface area contributed by atoms with Crippen molar-refractivity contribution in [1.82, 2.24) is 20.1 Å². The number of aromatic nitrogens is 3. The summed E-state index contributed by atoms with van der Waals surface area (Å²) in [6.07, 6.45) is 6.84. The Morgan fingerprint density at radius 1 is 1.14 bits per heavy atom. The molecule has 0 unspecified atom stereocenters. The molecule has 3 rings (SSSR count). The Morgan fingerprint density at radius 3 is 2.66 bits per heavy atom. The van der Waals surface area contributed by atoms with Crippen LogP contribution in [0.25, 0.3) is 0 Å². The molecule has 0 radical (unpaired) electrons. The Bertz CT molecular complexity index is 845. The third-order valence-electron chi connectivity index (χ3n) is 5.23. The number of amides is 2. The Morgan fingerprint density at radius 2 is 1.90 bits per heavy atom. The van der Waals surface area contributed by atoms with E-state index in [4.69, 9.17) is 0 Å². The van der Waals surface area contributed by atoms with Gasteiger partial charge >= 0.3 is 0 Å². The fourth-order valence-electron chi connectivity index (χ4n) is 3.71. The van der Waals surface area contributed by atoms with E-state index in [1.807, 2.05) is 38.1 Å². The predicted octanol–water partition coefficient (Wildman–Crippen LogP) is 3.50. The normalized spacial score (nSPS) is 14.6. The van der Waals surface area contributed by atoms with Crippen molar-refractivity contribution >= 4 is 29.3 Å². The summed E-state index contributed by atoms with van der Waals surface area (Å²) < 4.78 is 2.17. The van der Waals surface area contributed by atoms with Crippen molar-refractivity contribution in [3.05, 3.63) is 35.7 Å². The van der Waals surface area contributed by atoms with Crippen LogP contribution in [0.15, 0.2) is 29.4 Å². The SMILES string of the molecule is CCc1ccccc1NC(=O)CNC(=O)CSc1nnc(C)n1C1CCCCC1. The summed E-state index contributed by atoms with van der Waals surface area (Å²) in [5.41, 5.74) is 1.86. The van der Waals surface area contributed by atoms with Crippen LogP contribution in [0.2, 0.25) is 0 Å². The van der Waals surface area contributed by atoms with Gasteiger partial charge in [-0.2, -0.15) is 0 Å². The van der Waals surface area contributed by atoms with Crippen molar-refractivity contribution in [3.63, 3.8) is 0 Å². The maximum Gasteiger partial charge on any atom is 0.243 e. The standard InChI is InChI=1S/C21H29N5O2S/c1-3-16-9-7-8-12-18(16)23-19(27)13-22-20(28)14-29-21-25-24-15(2)26(21)17-10-5-4-6-11-17/h7-9,12,17H,3-6,10-11,13-14H2,1-2H3,(H,22,28)(H,23,27). The molecule has 0 spiro atoms. The smallest absolute Gasteiger partial charge is 0.243 e. The highest BCUT2D eigenvalue weighted by molar-refractivity contribution is 7.99. The first-order valence-corrected chi connectivity index (χ1v) is 11.3. The average molecular weight is 416 g/mol. The van der Waals surface area contributed by atoms with E-state index in [0.29, 0.717) is 6.04 Å². The van der Waals surface area contributed by atoms with Crippen LogP contribution >= 0.6 is 11.8 Å². The summed E-state index contributed by atoms with van der Waals surface area (Å²) in [5.74, 6) is 0.688. The summed E-state index contributed by atoms with van der Waals surface area (Å²) in [7, 11) is 0. The Labute approximate surface area is 176 Å². The van der Waals surface area contributed by atoms with Gasteiger partial charge < -0.3 is 15.2 Å². The van der Waals surface area contributed by atoms with Crippen molar-refractivity contribution in [2.45, 2.75) is 63.6 Å². The molecule has 1 aromatic heterocycles. The lowest BCUT2D eigenvalue weighted by Crippen LogP contribution is -2.34. The van der Waals surface area contributed by atoms with Gasteiger partial charge in [-0.15, -0.1) is 10.2 Å². The van der Waals surface area contributed by atoms with Crippen molar-refractivity contribution in [2.75, 3.05) is 17.6 Å². The van der Waals surface area contributed by atoms with Gasteiger partial charge in [-0.1, -0.05) is 56.1 Å². The lowest BCUT2D eigenvalue weighted by atomic mass is 9.95. The number of nitrogens with one attached hydrogen (secondary N) is 2. The third kappa shape index (κ3) is 5.82. The minimum Gasteiger partial charge on any atom is -0.346 e. The molecule has 1 aromatic carbocycles. The van der Waals surface area contributed by atoms with Gasteiger partial charge in [0, 0.05) is 11.7 Å². The zero-order chi connectivity index (χ0) is 20.6. The van der Waals surface area contributed by atoms with Crippen LogP contribution in [0.3, 0.4) is 0 Å². The molecule has 2 N–H and O–H groups in total. The van der Waals surface area contributed by atoms with Gasteiger partial charge in [0.05, 0.1) is 12.3 Å². The van der Waals surface area contributed by atoms with E-state index in [0.717, 1.165) is 41.5 Å². The van der Waals surface area contributed by atoms with Gasteiger partial charge in [0.1, 0.15) is 5.82 Å². The summed E-state index contributed by atoms with van der Waals surface area (Å²) in [5, 5.41) is 14.8. The van der Waals surface area contributed by atoms with Gasteiger partial charge in [0.15, 0.2) is 5.16 Å². The number of hydrogen-bond acceptors (Lipinski definition) is 5. The van der Waals surface area contributed by atoms with Crippen LogP contribution in [0.5, 0.6) is 0 Å². The van der Waals surface area contributed by atoms with Crippen molar-refractivity contribution in [3.8, 4) is 0 Å². The van der Waals surface area contributed by atoms with Crippen LogP contribution in [0.1, 0.15) is 56.5 Å². The minimum atomic E-state index is -0.231. The first kappa shape index (κ1) is 21.4. The van der Waals surface area contributed by atoms with Crippen molar-refractivity contribution in [2.24, 2.45) is 0 Å². The first-order valence-electron chi connectivity index (χ1n) is 10.3. The Kier molecular flexibility index (Phi) is 7.69. The van der Waals surface area contributed by atoms with Crippen LogP contribution in [0, 0.1) is 6.92 Å². The van der Waals surface area contributed by atoms with E-state index in [1.54, 1.807) is 0 Å². The molecule has 0 aliphatic heterocycles. The molecule has 156 valence electrons. The second-order valence-electron chi connectivity index (χ2n) is 7.32. The highest BCUT2D eigenvalue weighted by atomic mass is 32.2. The molecule has 1 saturated carbocycles. The van der Waals surface area contributed by atoms with E-state index in [-0.39, 0.29) is 24.1 Å². The molecule has 0 bridgehead atoms. The van der Waals surface area contributed by atoms with Gasteiger partial charge in [0.2, 0.25) is 11.8 Å². The maximum absolute atomic E-state index is 12.2. The molecule has 1 aliphatic carbocycles. The van der Waals surface area contributed by atoms with E-state index in [1.165, 1.54) is 31.0 Å². The summed E-state index contributed by atoms with van der Waals surface area (Å²) in [4.78, 5) is 24.4. The highest BCUT2D eigenvalue weighted by Crippen LogP contribution is 2.32. The fraction of sp³-hybridized carbons (Fsp3) is 0.524. The lowest BCUT2D eigenvalue weighted by molar-refractivity contribution is -0.122. The largest absolute Gasteiger partial charge is 0.346 e. The molecule has 1 fully saturated rings. The van der Waals surface area contributed by atoms with Crippen LogP contribution in [0.4, 0.5) is 5.69 Å². The van der Waals surface area contributed by atoms with Crippen LogP contribution in [-0.2, 0) is 16.0 Å². The van der Waals surface area contributed by atoms with E-state index in [9.17, 15) is 9.59 Å². The van der Waals surface area contributed by atoms with Gasteiger partial charge in [-0.3, -0.25) is 9.59 Å². The number of carbonyl (C=O) groups excluding carboxylic acids is 2. The molecular formula is C21H29N5O2S. The van der Waals surface area contributed by atoms with Crippen LogP contribution in [-0.4, -0.2) is 38.9 Å². The number of nitrogens with zero attached hydrogens (tertiary/aromatic N) is 3. The van der Waals surface area contributed by atoms with Crippen molar-refractivity contribution < 1.29 is 9.59 Å². The zero-order valence-corrected chi connectivity index (χ0v) is 17.9. The number of para-hydroxylation sites is 1. The van der Waals surface area contributed by atoms with E-state index in [2.05, 4.69) is 25.4 Å². The fourth-order valence-corrected chi connectivity index (χ4v) is 4.59. The summed E-state index contributed by atoms with van der Waals surface area (Å²) in [6, 6.07) is 8.11. The van der Waals surface area contributed by atoms with Crippen LogP contribution < -0.4 is 10.6 Å². The zero-order valence-electron chi connectivity index (χ0n) is 17.1. The molecule has 2 aromatic rings. The first-order chi connectivity index (χ1) is 14.1. The number of aryl methyl sites for hydroxylation is 2. The highest BCUT2D eigenvalue weighted by Gasteiger charge is 2.21. The van der Waals surface area contributed by atoms with E-state index < -0.39 is 0 Å². The predicted molar refractivity (Wildman–Crippen MR) is 115 cm³/mol. The number of benzene rings is 1. The number of carbonyl (C=O) groups is 2. The van der Waals surface area contributed by atoms with Gasteiger partial charge in [0.25, 0.3) is 0 Å². The molecule has 8 heteroatoms. The topological polar surface area (TPSA) is 88.9 Å². The monoisotopic (exact) mass is 415 g/mol. The maximum atomic E-state index is 12.2. The number of anilines is 1. The third-order valence-corrected chi connectivity index (χ3v) is 6.17. The molecule has 2 amide bonds. The second kappa shape index (κ2) is 10.4. The molecule has 0 atom stereocenters. The molecular weight excluding hydrogens is 386 g/mol. The second-order valence-corrected chi connectivity index (χ2v) is 8.26. The molecule has 1 heterocycles. The van der Waals surface area contributed by atoms with Crippen molar-refractivity contribution in [1.29, 1.82) is 0 Å². The molecule has 29 heavy (non-hydrogen) atoms. The number of hydrogen-bond donors (Lipinski definition) is 2. The Hall–Kier alpha value is -2.35. The van der Waals surface area contributed by atoms with E-state index >= 15 is 0 Å². The quantitative estimate of drug-likeness (QED) is 0.644. The van der Waals surface area contributed by atoms with Gasteiger partial charge in [-0.25, -0.2) is 0 Å². The molecule has 7 nitrogen and oxygen atoms in total. The van der Waals surface area contributed by atoms with Gasteiger partial charge in [-0.05, 0) is 37.8 Å². The summed E-state index contributed by atoms with van der Waals surface area (Å²) >= 11 is 1.38. The number of rotatable bonds is 8. The molecule has 1 aliphatic rings. The summed E-state index contributed by atoms with van der Waals surface area (Å²) in [6.45, 7) is 3.95. The Balaban J connectivity index is 1.47. The lowest BCUT2D eigenvalue weighted by Gasteiger charge is -2.24. The molecule has 0 saturated heterocycles. The minimum absolute atomic E-state index is 0.0498. The average Bonchev–Trinajstić information content (AvgIpc) is 3.12. The number of thioether (sulfide) groups is 1.